The van der Waals surface area contributed by atoms with Gasteiger partial charge in [0.2, 0.25) is 0 Å². The van der Waals surface area contributed by atoms with Gasteiger partial charge in [0.25, 0.3) is 0 Å². The lowest BCUT2D eigenvalue weighted by Gasteiger charge is -2.32. The van der Waals surface area contributed by atoms with Gasteiger partial charge in [-0.05, 0) is 27.7 Å². The van der Waals surface area contributed by atoms with Gasteiger partial charge in [-0.15, -0.1) is 0 Å². The molecule has 6 nitrogen and oxygen atoms in total. The molecule has 0 amide bonds. The second-order valence-corrected chi connectivity index (χ2v) is 6.41. The molecule has 1 aliphatic rings. The molecule has 7 heteroatoms. The Bertz CT molecular complexity index is 545. The first-order valence-corrected chi connectivity index (χ1v) is 7.19. The molecule has 0 aliphatic carbocycles. The van der Waals surface area contributed by atoms with Gasteiger partial charge in [0.15, 0.2) is 0 Å². The van der Waals surface area contributed by atoms with Crippen molar-refractivity contribution < 1.29 is 23.9 Å². The Balaban J connectivity index is 2.37. The first-order chi connectivity index (χ1) is 10.1. The van der Waals surface area contributed by atoms with Crippen molar-refractivity contribution in [1.29, 1.82) is 0 Å². The molecular weight excluding hydrogens is 285 g/mol. The summed E-state index contributed by atoms with van der Waals surface area (Å²) in [6, 6.07) is 3.16. The van der Waals surface area contributed by atoms with Crippen molar-refractivity contribution in [3.8, 4) is 17.2 Å². The number of methoxy groups -OCH3 is 2. The molecule has 22 heavy (non-hydrogen) atoms. The maximum atomic E-state index is 10.3. The molecule has 0 bridgehead atoms. The zero-order chi connectivity index (χ0) is 16.7. The van der Waals surface area contributed by atoms with Gasteiger partial charge in [-0.1, -0.05) is 0 Å². The van der Waals surface area contributed by atoms with Gasteiger partial charge in [-0.2, -0.15) is 0 Å². The van der Waals surface area contributed by atoms with Crippen molar-refractivity contribution in [1.82, 2.24) is 0 Å². The van der Waals surface area contributed by atoms with Crippen molar-refractivity contribution in [2.75, 3.05) is 14.2 Å². The van der Waals surface area contributed by atoms with Crippen LogP contribution in [0, 0.1) is 0 Å². The molecule has 0 radical (unpaired) electrons. The Hall–Kier alpha value is -1.44. The minimum absolute atomic E-state index is 0.0154. The van der Waals surface area contributed by atoms with Crippen LogP contribution in [0.4, 0.5) is 0 Å². The summed E-state index contributed by atoms with van der Waals surface area (Å²) in [5, 5.41) is 10.3. The van der Waals surface area contributed by atoms with E-state index in [1.807, 2.05) is 27.7 Å². The molecule has 2 rings (SSSR count). The minimum atomic E-state index is -0.693. The molecule has 0 unspecified atom stereocenters. The maximum Gasteiger partial charge on any atom is 0.480 e. The van der Waals surface area contributed by atoms with E-state index in [9.17, 15) is 5.11 Å². The van der Waals surface area contributed by atoms with Crippen molar-refractivity contribution in [3.05, 3.63) is 17.7 Å². The number of phenols is 1. The molecule has 1 fully saturated rings. The van der Waals surface area contributed by atoms with E-state index in [1.165, 1.54) is 20.3 Å². The largest absolute Gasteiger partial charge is 0.507 e. The van der Waals surface area contributed by atoms with Gasteiger partial charge in [-0.25, -0.2) is 0 Å². The molecule has 0 aromatic heterocycles. The number of rotatable bonds is 4. The summed E-state index contributed by atoms with van der Waals surface area (Å²) in [5.74, 6) is 0.207. The summed E-state index contributed by atoms with van der Waals surface area (Å²) in [6.07, 6.45) is 0. The van der Waals surface area contributed by atoms with E-state index in [4.69, 9.17) is 24.5 Å². The van der Waals surface area contributed by atoms with Crippen LogP contribution in [0.5, 0.6) is 17.2 Å². The van der Waals surface area contributed by atoms with Crippen LogP contribution in [0.25, 0.3) is 0 Å². The average molecular weight is 309 g/mol. The molecular formula is C15H24BNO5. The zero-order valence-corrected chi connectivity index (χ0v) is 14.0. The summed E-state index contributed by atoms with van der Waals surface area (Å²) < 4.78 is 22.3. The average Bonchev–Trinajstić information content (AvgIpc) is 2.65. The second-order valence-electron chi connectivity index (χ2n) is 6.41. The van der Waals surface area contributed by atoms with Crippen molar-refractivity contribution in [2.24, 2.45) is 5.73 Å². The quantitative estimate of drug-likeness (QED) is 0.828. The Morgan fingerprint density at radius 3 is 2.09 bits per heavy atom. The lowest BCUT2D eigenvalue weighted by molar-refractivity contribution is 0.00578. The lowest BCUT2D eigenvalue weighted by Crippen LogP contribution is -2.41. The van der Waals surface area contributed by atoms with Crippen LogP contribution < -0.4 is 15.2 Å². The predicted octanol–water partition coefficient (Wildman–Crippen LogP) is 2.04. The number of ether oxygens (including phenoxy) is 2. The van der Waals surface area contributed by atoms with Gasteiger partial charge in [0.05, 0.1) is 36.9 Å². The molecule has 1 aromatic rings. The first kappa shape index (κ1) is 16.9. The molecule has 122 valence electrons. The summed E-state index contributed by atoms with van der Waals surface area (Å²) in [4.78, 5) is 0. The Morgan fingerprint density at radius 2 is 1.64 bits per heavy atom. The Kier molecular flexibility index (Phi) is 4.34. The van der Waals surface area contributed by atoms with Crippen LogP contribution in [0.15, 0.2) is 12.1 Å². The zero-order valence-electron chi connectivity index (χ0n) is 14.0. The molecule has 0 saturated carbocycles. The van der Waals surface area contributed by atoms with E-state index in [2.05, 4.69) is 0 Å². The van der Waals surface area contributed by atoms with Gasteiger partial charge in [0.1, 0.15) is 17.2 Å². The molecule has 1 aliphatic heterocycles. The van der Waals surface area contributed by atoms with E-state index in [0.29, 0.717) is 17.1 Å². The molecule has 1 atom stereocenters. The highest BCUT2D eigenvalue weighted by Gasteiger charge is 2.54. The predicted molar refractivity (Wildman–Crippen MR) is 84.2 cm³/mol. The molecule has 0 spiro atoms. The fraction of sp³-hybridized carbons (Fsp3) is 0.600. The standard InChI is InChI=1S/C15H24BNO5/c1-14(2)15(3,4)22-16(21-14)13(17)12-10(18)7-9(19-5)8-11(12)20-6/h7-8,13,18H,17H2,1-6H3/t13-/m0/s1. The van der Waals surface area contributed by atoms with Gasteiger partial charge >= 0.3 is 7.12 Å². The third-order valence-electron chi connectivity index (χ3n) is 4.45. The Morgan fingerprint density at radius 1 is 1.09 bits per heavy atom. The molecule has 1 aromatic carbocycles. The highest BCUT2D eigenvalue weighted by Crippen LogP contribution is 2.43. The second kappa shape index (κ2) is 5.64. The summed E-state index contributed by atoms with van der Waals surface area (Å²) in [6.45, 7) is 7.80. The van der Waals surface area contributed by atoms with Crippen molar-refractivity contribution in [2.45, 2.75) is 44.8 Å². The number of aromatic hydroxyl groups is 1. The third-order valence-corrected chi connectivity index (χ3v) is 4.45. The first-order valence-electron chi connectivity index (χ1n) is 7.19. The van der Waals surface area contributed by atoms with Gasteiger partial charge in [0, 0.05) is 12.1 Å². The van der Waals surface area contributed by atoms with Crippen molar-refractivity contribution >= 4 is 7.12 Å². The fourth-order valence-electron chi connectivity index (χ4n) is 2.38. The topological polar surface area (TPSA) is 83.2 Å². The molecule has 3 N–H and O–H groups in total. The van der Waals surface area contributed by atoms with E-state index in [-0.39, 0.29) is 5.75 Å². The molecule has 1 saturated heterocycles. The van der Waals surface area contributed by atoms with Crippen LogP contribution >= 0.6 is 0 Å². The highest BCUT2D eigenvalue weighted by atomic mass is 16.7. The third kappa shape index (κ3) is 2.76. The number of nitrogens with two attached hydrogens (primary N) is 1. The summed E-state index contributed by atoms with van der Waals surface area (Å²) >= 11 is 0. The number of phenolic OH excluding ortho intramolecular Hbond substituents is 1. The van der Waals surface area contributed by atoms with Gasteiger partial charge in [-0.3, -0.25) is 0 Å². The normalized spacial score (nSPS) is 20.8. The number of hydrogen-bond donors (Lipinski definition) is 2. The molecule has 1 heterocycles. The maximum absolute atomic E-state index is 10.3. The van der Waals surface area contributed by atoms with Crippen LogP contribution in [-0.4, -0.2) is 37.6 Å². The minimum Gasteiger partial charge on any atom is -0.507 e. The van der Waals surface area contributed by atoms with E-state index in [1.54, 1.807) is 6.07 Å². The van der Waals surface area contributed by atoms with E-state index in [0.717, 1.165) is 0 Å². The SMILES string of the molecule is COc1cc(O)c([C@H](N)B2OC(C)(C)C(C)(C)O2)c(OC)c1. The summed E-state index contributed by atoms with van der Waals surface area (Å²) in [5.41, 5.74) is 5.72. The summed E-state index contributed by atoms with van der Waals surface area (Å²) in [7, 11) is 2.34. The smallest absolute Gasteiger partial charge is 0.480 e. The van der Waals surface area contributed by atoms with Gasteiger partial charge < -0.3 is 29.6 Å². The number of benzene rings is 1. The Labute approximate surface area is 131 Å². The monoisotopic (exact) mass is 309 g/mol. The van der Waals surface area contributed by atoms with Crippen LogP contribution in [0.1, 0.15) is 39.2 Å². The van der Waals surface area contributed by atoms with Crippen LogP contribution in [0.2, 0.25) is 0 Å². The van der Waals surface area contributed by atoms with Crippen LogP contribution in [-0.2, 0) is 9.31 Å². The lowest BCUT2D eigenvalue weighted by atomic mass is 9.74. The number of hydrogen-bond acceptors (Lipinski definition) is 6. The highest BCUT2D eigenvalue weighted by molar-refractivity contribution is 6.47. The van der Waals surface area contributed by atoms with Crippen LogP contribution in [0.3, 0.4) is 0 Å². The fourth-order valence-corrected chi connectivity index (χ4v) is 2.38. The van der Waals surface area contributed by atoms with Crippen molar-refractivity contribution in [3.63, 3.8) is 0 Å². The van der Waals surface area contributed by atoms with E-state index >= 15 is 0 Å². The van der Waals surface area contributed by atoms with E-state index < -0.39 is 24.3 Å².